The molecule has 0 unspecified atom stereocenters. The number of aliphatic hydroxyl groups is 1. The van der Waals surface area contributed by atoms with Gasteiger partial charge in [0.25, 0.3) is 0 Å². The molecule has 1 atom stereocenters. The smallest absolute Gasteiger partial charge is 0.329 e. The number of nitrogens with zero attached hydrogens (tertiary/aromatic N) is 6. The van der Waals surface area contributed by atoms with Crippen LogP contribution in [0.1, 0.15) is 19.3 Å². The summed E-state index contributed by atoms with van der Waals surface area (Å²) in [6.07, 6.45) is 7.28. The molecule has 172 valence electrons. The second-order valence-corrected chi connectivity index (χ2v) is 8.40. The lowest BCUT2D eigenvalue weighted by Crippen LogP contribution is -2.56. The lowest BCUT2D eigenvalue weighted by atomic mass is 10.1. The van der Waals surface area contributed by atoms with Crippen molar-refractivity contribution in [2.24, 2.45) is 7.05 Å². The monoisotopic (exact) mass is 469 g/mol. The number of carbonyl (C=O) groups excluding carboxylic acids is 1. The standard InChI is InChI=1S/C22H24ClN7O3/c1-28-13-14(12-25-28)20-16(23)11-17-21(27-20)30(19-5-7-29(17)19)22(32)26-15-4-6-24-18(10-15)33-9-3-2-8-31/h4,6,10-13,19,31H,2-3,5,7-9H2,1H3,(H,24,26,32)/t19-/m0/s1. The zero-order valence-corrected chi connectivity index (χ0v) is 18.9. The predicted molar refractivity (Wildman–Crippen MR) is 125 cm³/mol. The number of nitrogens with one attached hydrogen (secondary N) is 1. The van der Waals surface area contributed by atoms with Gasteiger partial charge in [0.1, 0.15) is 6.17 Å². The minimum atomic E-state index is -0.284. The van der Waals surface area contributed by atoms with E-state index >= 15 is 0 Å². The number of carbonyl (C=O) groups is 1. The third-order valence-corrected chi connectivity index (χ3v) is 6.03. The third-order valence-electron chi connectivity index (χ3n) is 5.75. The summed E-state index contributed by atoms with van der Waals surface area (Å²) in [4.78, 5) is 26.1. The number of urea groups is 1. The van der Waals surface area contributed by atoms with Crippen LogP contribution < -0.4 is 19.9 Å². The van der Waals surface area contributed by atoms with E-state index in [0.717, 1.165) is 30.6 Å². The molecule has 11 heteroatoms. The summed E-state index contributed by atoms with van der Waals surface area (Å²) in [6.45, 7) is 1.42. The van der Waals surface area contributed by atoms with Gasteiger partial charge in [-0.2, -0.15) is 5.10 Å². The number of anilines is 3. The first-order valence-corrected chi connectivity index (χ1v) is 11.2. The molecule has 0 bridgehead atoms. The second kappa shape index (κ2) is 8.87. The van der Waals surface area contributed by atoms with E-state index in [0.29, 0.717) is 41.1 Å². The lowest BCUT2D eigenvalue weighted by molar-refractivity contribution is 0.249. The molecular formula is C22H24ClN7O3. The van der Waals surface area contributed by atoms with Crippen molar-refractivity contribution < 1.29 is 14.6 Å². The Morgan fingerprint density at radius 3 is 2.97 bits per heavy atom. The molecule has 2 aliphatic heterocycles. The summed E-state index contributed by atoms with van der Waals surface area (Å²) in [5, 5.41) is 16.5. The summed E-state index contributed by atoms with van der Waals surface area (Å²) >= 11 is 6.54. The van der Waals surface area contributed by atoms with Crippen LogP contribution in [0, 0.1) is 0 Å². The highest BCUT2D eigenvalue weighted by atomic mass is 35.5. The molecule has 3 aromatic rings. The highest BCUT2D eigenvalue weighted by Gasteiger charge is 2.46. The van der Waals surface area contributed by atoms with Gasteiger partial charge in [0, 0.05) is 56.3 Å². The summed E-state index contributed by atoms with van der Waals surface area (Å²) < 4.78 is 7.30. The Balaban J connectivity index is 1.38. The second-order valence-electron chi connectivity index (χ2n) is 7.99. The van der Waals surface area contributed by atoms with Crippen molar-refractivity contribution in [3.8, 4) is 17.1 Å². The van der Waals surface area contributed by atoms with E-state index < -0.39 is 0 Å². The van der Waals surface area contributed by atoms with E-state index in [9.17, 15) is 4.79 Å². The number of rotatable bonds is 7. The van der Waals surface area contributed by atoms with E-state index in [4.69, 9.17) is 26.4 Å². The largest absolute Gasteiger partial charge is 0.478 e. The Kier molecular flexibility index (Phi) is 5.77. The molecule has 10 nitrogen and oxygen atoms in total. The highest BCUT2D eigenvalue weighted by Crippen LogP contribution is 2.47. The van der Waals surface area contributed by atoms with Crippen LogP contribution in [0.15, 0.2) is 36.8 Å². The van der Waals surface area contributed by atoms with Crippen molar-refractivity contribution in [1.29, 1.82) is 0 Å². The first kappa shape index (κ1) is 21.5. The topological polar surface area (TPSA) is 109 Å². The maximum absolute atomic E-state index is 13.3. The van der Waals surface area contributed by atoms with Crippen LogP contribution in [0.2, 0.25) is 5.02 Å². The molecule has 0 aliphatic carbocycles. The fourth-order valence-electron chi connectivity index (χ4n) is 4.04. The normalized spacial score (nSPS) is 16.3. The van der Waals surface area contributed by atoms with Gasteiger partial charge in [-0.25, -0.2) is 14.8 Å². The average molecular weight is 470 g/mol. The van der Waals surface area contributed by atoms with E-state index in [2.05, 4.69) is 20.3 Å². The van der Waals surface area contributed by atoms with Crippen LogP contribution in [0.4, 0.5) is 22.0 Å². The van der Waals surface area contributed by atoms with Gasteiger partial charge in [-0.1, -0.05) is 11.6 Å². The molecule has 5 rings (SSSR count). The quantitative estimate of drug-likeness (QED) is 0.511. The molecule has 1 saturated heterocycles. The van der Waals surface area contributed by atoms with Crippen molar-refractivity contribution >= 4 is 34.8 Å². The number of aromatic nitrogens is 4. The van der Waals surface area contributed by atoms with Gasteiger partial charge in [-0.3, -0.25) is 9.58 Å². The van der Waals surface area contributed by atoms with Crippen molar-refractivity contribution in [3.63, 3.8) is 0 Å². The van der Waals surface area contributed by atoms with E-state index in [1.807, 2.05) is 19.3 Å². The summed E-state index contributed by atoms with van der Waals surface area (Å²) in [5.74, 6) is 0.995. The molecular weight excluding hydrogens is 446 g/mol. The molecule has 1 fully saturated rings. The predicted octanol–water partition coefficient (Wildman–Crippen LogP) is 3.27. The zero-order chi connectivity index (χ0) is 22.9. The minimum Gasteiger partial charge on any atom is -0.478 e. The molecule has 2 amide bonds. The first-order chi connectivity index (χ1) is 16.0. The van der Waals surface area contributed by atoms with Crippen LogP contribution in [0.3, 0.4) is 0 Å². The molecule has 0 saturated carbocycles. The molecule has 2 N–H and O–H groups in total. The van der Waals surface area contributed by atoms with Crippen molar-refractivity contribution in [1.82, 2.24) is 19.7 Å². The number of aliphatic hydroxyl groups excluding tert-OH is 1. The van der Waals surface area contributed by atoms with E-state index in [1.54, 1.807) is 34.1 Å². The lowest BCUT2D eigenvalue weighted by Gasteiger charge is -2.39. The van der Waals surface area contributed by atoms with Gasteiger partial charge in [-0.15, -0.1) is 0 Å². The molecule has 0 aromatic carbocycles. The molecule has 0 radical (unpaired) electrons. The van der Waals surface area contributed by atoms with Gasteiger partial charge in [0.2, 0.25) is 5.88 Å². The Bertz CT molecular complexity index is 1180. The summed E-state index contributed by atoms with van der Waals surface area (Å²) in [6, 6.07) is 4.98. The Morgan fingerprint density at radius 2 is 2.24 bits per heavy atom. The van der Waals surface area contributed by atoms with Crippen LogP contribution in [0.5, 0.6) is 5.88 Å². The van der Waals surface area contributed by atoms with Crippen LogP contribution in [-0.4, -0.2) is 56.8 Å². The number of amides is 2. The average Bonchev–Trinajstić information content (AvgIpc) is 3.29. The number of aryl methyl sites for hydroxylation is 1. The number of fused-ring (bicyclic) bond motifs is 3. The fourth-order valence-corrected chi connectivity index (χ4v) is 4.30. The zero-order valence-electron chi connectivity index (χ0n) is 18.1. The maximum atomic E-state index is 13.3. The number of hydrogen-bond acceptors (Lipinski definition) is 7. The molecule has 5 heterocycles. The van der Waals surface area contributed by atoms with Gasteiger partial charge in [0.15, 0.2) is 5.82 Å². The number of ether oxygens (including phenoxy) is 1. The maximum Gasteiger partial charge on any atom is 0.329 e. The molecule has 2 aliphatic rings. The highest BCUT2D eigenvalue weighted by molar-refractivity contribution is 6.33. The van der Waals surface area contributed by atoms with Crippen LogP contribution in [-0.2, 0) is 7.05 Å². The van der Waals surface area contributed by atoms with Crippen LogP contribution >= 0.6 is 11.6 Å². The van der Waals surface area contributed by atoms with Gasteiger partial charge < -0.3 is 20.1 Å². The molecule has 33 heavy (non-hydrogen) atoms. The Hall–Kier alpha value is -3.37. The first-order valence-electron chi connectivity index (χ1n) is 10.8. The Morgan fingerprint density at radius 1 is 1.36 bits per heavy atom. The summed E-state index contributed by atoms with van der Waals surface area (Å²) in [7, 11) is 1.83. The number of pyridine rings is 2. The summed E-state index contributed by atoms with van der Waals surface area (Å²) in [5.41, 5.74) is 2.80. The Labute approximate surface area is 195 Å². The van der Waals surface area contributed by atoms with Crippen molar-refractivity contribution in [3.05, 3.63) is 41.8 Å². The number of unbranched alkanes of at least 4 members (excludes halogenated alkanes) is 1. The van der Waals surface area contributed by atoms with E-state index in [1.165, 1.54) is 0 Å². The van der Waals surface area contributed by atoms with Gasteiger partial charge >= 0.3 is 6.03 Å². The molecule has 0 spiro atoms. The van der Waals surface area contributed by atoms with Crippen molar-refractivity contribution in [2.45, 2.75) is 25.4 Å². The molecule has 3 aromatic heterocycles. The van der Waals surface area contributed by atoms with Gasteiger partial charge in [0.05, 0.1) is 29.2 Å². The number of hydrogen-bond donors (Lipinski definition) is 2. The minimum absolute atomic E-state index is 0.0937. The third kappa shape index (κ3) is 4.07. The number of halogens is 1. The van der Waals surface area contributed by atoms with Crippen molar-refractivity contribution in [2.75, 3.05) is 34.9 Å². The van der Waals surface area contributed by atoms with E-state index in [-0.39, 0.29) is 18.8 Å². The van der Waals surface area contributed by atoms with Gasteiger partial charge in [-0.05, 0) is 25.0 Å². The fraction of sp³-hybridized carbons (Fsp3) is 0.364. The van der Waals surface area contributed by atoms with Crippen LogP contribution in [0.25, 0.3) is 11.3 Å². The SMILES string of the molecule is Cn1cc(-c2nc3c(cc2Cl)N2CC[C@@H]2N3C(=O)Nc2ccnc(OCCCCO)c2)cn1.